The molecule has 0 aliphatic carbocycles. The van der Waals surface area contributed by atoms with Gasteiger partial charge in [-0.3, -0.25) is 15.1 Å². The summed E-state index contributed by atoms with van der Waals surface area (Å²) in [5.74, 6) is -0.0216. The number of hydrogen-bond acceptors (Lipinski definition) is 3. The van der Waals surface area contributed by atoms with Crippen LogP contribution in [0.5, 0.6) is 0 Å². The van der Waals surface area contributed by atoms with Gasteiger partial charge in [-0.25, -0.2) is 0 Å². The van der Waals surface area contributed by atoms with E-state index in [2.05, 4.69) is 10.1 Å². The molecule has 14 heavy (non-hydrogen) atoms. The van der Waals surface area contributed by atoms with Crippen LogP contribution in [0.2, 0.25) is 0 Å². The monoisotopic (exact) mass is 189 g/mol. The highest BCUT2D eigenvalue weighted by Crippen LogP contribution is 2.19. The van der Waals surface area contributed by atoms with Crippen LogP contribution in [-0.2, 0) is 7.05 Å². The van der Waals surface area contributed by atoms with Crippen LogP contribution in [0.25, 0.3) is 10.9 Å². The maximum atomic E-state index is 7.40. The number of aromatic nitrogens is 3. The molecule has 0 aromatic carbocycles. The number of rotatable bonds is 1. The molecular weight excluding hydrogens is 178 g/mol. The van der Waals surface area contributed by atoms with E-state index < -0.39 is 0 Å². The van der Waals surface area contributed by atoms with Crippen molar-refractivity contribution >= 4 is 16.7 Å². The van der Waals surface area contributed by atoms with Crippen molar-refractivity contribution in [3.63, 3.8) is 0 Å². The molecule has 0 spiro atoms. The van der Waals surface area contributed by atoms with Crippen molar-refractivity contribution in [1.82, 2.24) is 14.8 Å². The molecule has 0 unspecified atom stereocenters. The first-order valence-electron chi connectivity index (χ1n) is 4.24. The predicted molar refractivity (Wildman–Crippen MR) is 54.3 cm³/mol. The summed E-state index contributed by atoms with van der Waals surface area (Å²) in [5, 5.41) is 12.4. The van der Waals surface area contributed by atoms with Crippen molar-refractivity contribution in [2.45, 2.75) is 6.92 Å². The largest absolute Gasteiger partial charge is 0.382 e. The van der Waals surface area contributed by atoms with Gasteiger partial charge in [-0.15, -0.1) is 0 Å². The van der Waals surface area contributed by atoms with Crippen molar-refractivity contribution in [2.24, 2.45) is 12.8 Å². The molecule has 0 bridgehead atoms. The molecule has 0 aliphatic rings. The molecule has 72 valence electrons. The Bertz CT molecular complexity index is 511. The van der Waals surface area contributed by atoms with Gasteiger partial charge in [0.1, 0.15) is 11.5 Å². The van der Waals surface area contributed by atoms with Crippen molar-refractivity contribution in [3.8, 4) is 0 Å². The lowest BCUT2D eigenvalue weighted by Gasteiger charge is -1.96. The Morgan fingerprint density at radius 2 is 2.29 bits per heavy atom. The van der Waals surface area contributed by atoms with E-state index >= 15 is 0 Å². The second kappa shape index (κ2) is 2.80. The Morgan fingerprint density at radius 1 is 1.57 bits per heavy atom. The predicted octanol–water partition coefficient (Wildman–Crippen LogP) is 0.561. The normalized spacial score (nSPS) is 10.7. The fraction of sp³-hybridized carbons (Fsp3) is 0.222. The van der Waals surface area contributed by atoms with E-state index in [4.69, 9.17) is 11.1 Å². The van der Waals surface area contributed by atoms with E-state index in [1.54, 1.807) is 10.9 Å². The molecule has 0 amide bonds. The first-order chi connectivity index (χ1) is 6.61. The third-order valence-corrected chi connectivity index (χ3v) is 2.21. The zero-order valence-electron chi connectivity index (χ0n) is 8.07. The van der Waals surface area contributed by atoms with Crippen LogP contribution in [0, 0.1) is 12.3 Å². The average Bonchev–Trinajstić information content (AvgIpc) is 2.46. The van der Waals surface area contributed by atoms with Crippen LogP contribution in [-0.4, -0.2) is 20.6 Å². The van der Waals surface area contributed by atoms with Crippen molar-refractivity contribution in [1.29, 1.82) is 5.41 Å². The number of nitrogen functional groups attached to an aromatic ring is 1. The van der Waals surface area contributed by atoms with Gasteiger partial charge in [0.2, 0.25) is 0 Å². The SMILES string of the molecule is Cc1nccc2c1c(C(=N)N)nn2C. The van der Waals surface area contributed by atoms with E-state index in [0.717, 1.165) is 16.6 Å². The second-order valence-corrected chi connectivity index (χ2v) is 3.18. The zero-order valence-corrected chi connectivity index (χ0v) is 8.07. The van der Waals surface area contributed by atoms with Crippen LogP contribution in [0.15, 0.2) is 12.3 Å². The van der Waals surface area contributed by atoms with Crippen molar-refractivity contribution < 1.29 is 0 Å². The molecule has 0 aliphatic heterocycles. The van der Waals surface area contributed by atoms with Gasteiger partial charge in [0.15, 0.2) is 0 Å². The molecule has 2 rings (SSSR count). The minimum absolute atomic E-state index is 0.0216. The molecule has 5 heteroatoms. The molecule has 2 aromatic rings. The van der Waals surface area contributed by atoms with E-state index in [9.17, 15) is 0 Å². The lowest BCUT2D eigenvalue weighted by molar-refractivity contribution is 0.792. The highest BCUT2D eigenvalue weighted by atomic mass is 15.3. The van der Waals surface area contributed by atoms with Crippen molar-refractivity contribution in [2.75, 3.05) is 0 Å². The summed E-state index contributed by atoms with van der Waals surface area (Å²) in [5.41, 5.74) is 7.74. The van der Waals surface area contributed by atoms with E-state index in [-0.39, 0.29) is 5.84 Å². The first kappa shape index (κ1) is 8.68. The van der Waals surface area contributed by atoms with Gasteiger partial charge in [-0.1, -0.05) is 0 Å². The summed E-state index contributed by atoms with van der Waals surface area (Å²) in [7, 11) is 1.83. The minimum atomic E-state index is -0.0216. The first-order valence-corrected chi connectivity index (χ1v) is 4.24. The van der Waals surface area contributed by atoms with Crippen LogP contribution in [0.1, 0.15) is 11.4 Å². The molecular formula is C9H11N5. The summed E-state index contributed by atoms with van der Waals surface area (Å²) in [6.45, 7) is 1.89. The van der Waals surface area contributed by atoms with Gasteiger partial charge in [-0.2, -0.15) is 5.10 Å². The van der Waals surface area contributed by atoms with Gasteiger partial charge in [0.25, 0.3) is 0 Å². The van der Waals surface area contributed by atoms with Gasteiger partial charge in [-0.05, 0) is 13.0 Å². The number of fused-ring (bicyclic) bond motifs is 1. The van der Waals surface area contributed by atoms with Crippen LogP contribution in [0.3, 0.4) is 0 Å². The summed E-state index contributed by atoms with van der Waals surface area (Å²) in [4.78, 5) is 4.16. The Morgan fingerprint density at radius 3 is 2.93 bits per heavy atom. The average molecular weight is 189 g/mol. The molecule has 0 fully saturated rings. The molecule has 0 saturated carbocycles. The molecule has 0 atom stereocenters. The third kappa shape index (κ3) is 1.06. The smallest absolute Gasteiger partial charge is 0.144 e. The van der Waals surface area contributed by atoms with Gasteiger partial charge >= 0.3 is 0 Å². The topological polar surface area (TPSA) is 80.6 Å². The van der Waals surface area contributed by atoms with Crippen LogP contribution < -0.4 is 5.73 Å². The number of hydrogen-bond donors (Lipinski definition) is 2. The van der Waals surface area contributed by atoms with E-state index in [1.807, 2.05) is 20.0 Å². The molecule has 5 nitrogen and oxygen atoms in total. The molecule has 2 aromatic heterocycles. The molecule has 2 heterocycles. The summed E-state index contributed by atoms with van der Waals surface area (Å²) in [6.07, 6.45) is 1.73. The third-order valence-electron chi connectivity index (χ3n) is 2.21. The van der Waals surface area contributed by atoms with Crippen LogP contribution >= 0.6 is 0 Å². The standard InChI is InChI=1S/C9H11N5/c1-5-7-6(3-4-12-5)14(2)13-8(7)9(10)11/h3-4H,1-2H3,(H3,10,11). The molecule has 0 radical (unpaired) electrons. The van der Waals surface area contributed by atoms with E-state index in [0.29, 0.717) is 5.69 Å². The van der Waals surface area contributed by atoms with Gasteiger partial charge in [0, 0.05) is 18.9 Å². The van der Waals surface area contributed by atoms with Gasteiger partial charge in [0.05, 0.1) is 10.9 Å². The Kier molecular flexibility index (Phi) is 1.73. The number of nitrogens with zero attached hydrogens (tertiary/aromatic N) is 3. The fourth-order valence-corrected chi connectivity index (χ4v) is 1.56. The van der Waals surface area contributed by atoms with Crippen LogP contribution in [0.4, 0.5) is 0 Å². The maximum Gasteiger partial charge on any atom is 0.144 e. The summed E-state index contributed by atoms with van der Waals surface area (Å²) in [6, 6.07) is 1.86. The van der Waals surface area contributed by atoms with Crippen molar-refractivity contribution in [3.05, 3.63) is 23.7 Å². The Balaban J connectivity index is 2.93. The minimum Gasteiger partial charge on any atom is -0.382 e. The highest BCUT2D eigenvalue weighted by Gasteiger charge is 2.12. The highest BCUT2D eigenvalue weighted by molar-refractivity contribution is 6.06. The molecule has 0 saturated heterocycles. The number of pyridine rings is 1. The second-order valence-electron chi connectivity index (χ2n) is 3.18. The summed E-state index contributed by atoms with van der Waals surface area (Å²) >= 11 is 0. The lowest BCUT2D eigenvalue weighted by atomic mass is 10.2. The number of amidine groups is 1. The number of nitrogens with two attached hydrogens (primary N) is 1. The number of nitrogens with one attached hydrogen (secondary N) is 1. The molecule has 3 N–H and O–H groups in total. The quantitative estimate of drug-likeness (QED) is 0.508. The lowest BCUT2D eigenvalue weighted by Crippen LogP contribution is -2.12. The Hall–Kier alpha value is -1.91. The summed E-state index contributed by atoms with van der Waals surface area (Å²) < 4.78 is 1.71. The fourth-order valence-electron chi connectivity index (χ4n) is 1.56. The number of aryl methyl sites for hydroxylation is 2. The van der Waals surface area contributed by atoms with Gasteiger partial charge < -0.3 is 5.73 Å². The Labute approximate surface area is 81.1 Å². The van der Waals surface area contributed by atoms with E-state index in [1.165, 1.54) is 0 Å². The maximum absolute atomic E-state index is 7.40. The zero-order chi connectivity index (χ0) is 10.3.